The van der Waals surface area contributed by atoms with Crippen molar-refractivity contribution in [2.75, 3.05) is 37.6 Å². The molecule has 1 aromatic heterocycles. The topological polar surface area (TPSA) is 43.4 Å². The number of hydrogen-bond acceptors (Lipinski definition) is 4. The van der Waals surface area contributed by atoms with Crippen LogP contribution in [0.15, 0.2) is 18.3 Å². The number of ether oxygens (including phenoxy) is 2. The number of halogens is 1. The SMILES string of the molecule is CCOc1cccnc1NCCOCCCl. The van der Waals surface area contributed by atoms with Crippen molar-refractivity contribution in [1.29, 1.82) is 0 Å². The van der Waals surface area contributed by atoms with Crippen LogP contribution in [-0.2, 0) is 4.74 Å². The highest BCUT2D eigenvalue weighted by Gasteiger charge is 2.02. The Balaban J connectivity index is 2.34. The summed E-state index contributed by atoms with van der Waals surface area (Å²) in [6, 6.07) is 3.73. The van der Waals surface area contributed by atoms with E-state index < -0.39 is 0 Å². The third-order valence-electron chi connectivity index (χ3n) is 1.83. The van der Waals surface area contributed by atoms with Gasteiger partial charge in [0.05, 0.1) is 19.8 Å². The second-order valence-corrected chi connectivity index (χ2v) is 3.39. The van der Waals surface area contributed by atoms with Crippen LogP contribution >= 0.6 is 11.6 Å². The van der Waals surface area contributed by atoms with E-state index in [1.165, 1.54) is 0 Å². The summed E-state index contributed by atoms with van der Waals surface area (Å²) in [4.78, 5) is 4.20. The van der Waals surface area contributed by atoms with Gasteiger partial charge in [0.2, 0.25) is 0 Å². The zero-order chi connectivity index (χ0) is 11.6. The second kappa shape index (κ2) is 8.19. The van der Waals surface area contributed by atoms with Crippen molar-refractivity contribution in [3.05, 3.63) is 18.3 Å². The minimum absolute atomic E-state index is 0.522. The fourth-order valence-electron chi connectivity index (χ4n) is 1.19. The third-order valence-corrected chi connectivity index (χ3v) is 1.99. The number of alkyl halides is 1. The molecule has 0 aromatic carbocycles. The Morgan fingerprint density at radius 1 is 1.44 bits per heavy atom. The van der Waals surface area contributed by atoms with E-state index in [1.807, 2.05) is 19.1 Å². The third kappa shape index (κ3) is 4.68. The minimum Gasteiger partial charge on any atom is -0.490 e. The Hall–Kier alpha value is -1.00. The molecule has 16 heavy (non-hydrogen) atoms. The predicted molar refractivity (Wildman–Crippen MR) is 65.4 cm³/mol. The van der Waals surface area contributed by atoms with Crippen molar-refractivity contribution < 1.29 is 9.47 Å². The molecule has 1 N–H and O–H groups in total. The molecule has 0 radical (unpaired) electrons. The first-order valence-electron chi connectivity index (χ1n) is 5.34. The van der Waals surface area contributed by atoms with Gasteiger partial charge in [-0.25, -0.2) is 4.98 Å². The first kappa shape index (κ1) is 13.1. The normalized spacial score (nSPS) is 10.1. The van der Waals surface area contributed by atoms with Crippen LogP contribution in [0.3, 0.4) is 0 Å². The van der Waals surface area contributed by atoms with E-state index in [0.29, 0.717) is 32.2 Å². The molecule has 0 saturated heterocycles. The molecule has 0 aliphatic rings. The standard InChI is InChI=1S/C11H17ClN2O2/c1-2-16-10-4-3-6-13-11(10)14-7-9-15-8-5-12/h3-4,6H,2,5,7-9H2,1H3,(H,13,14). The fraction of sp³-hybridized carbons (Fsp3) is 0.545. The van der Waals surface area contributed by atoms with Gasteiger partial charge in [0.25, 0.3) is 0 Å². The molecule has 1 heterocycles. The molecule has 0 bridgehead atoms. The highest BCUT2D eigenvalue weighted by atomic mass is 35.5. The number of nitrogens with zero attached hydrogens (tertiary/aromatic N) is 1. The average molecular weight is 245 g/mol. The Kier molecular flexibility index (Phi) is 6.69. The van der Waals surface area contributed by atoms with Crippen LogP contribution in [0, 0.1) is 0 Å². The van der Waals surface area contributed by atoms with Crippen molar-refractivity contribution in [2.45, 2.75) is 6.92 Å². The molecule has 4 nitrogen and oxygen atoms in total. The molecule has 5 heteroatoms. The molecule has 0 saturated carbocycles. The van der Waals surface area contributed by atoms with E-state index in [1.54, 1.807) is 6.20 Å². The summed E-state index contributed by atoms with van der Waals surface area (Å²) in [5.74, 6) is 2.04. The van der Waals surface area contributed by atoms with E-state index in [9.17, 15) is 0 Å². The maximum atomic E-state index is 5.49. The van der Waals surface area contributed by atoms with Gasteiger partial charge in [-0.2, -0.15) is 0 Å². The number of aromatic nitrogens is 1. The smallest absolute Gasteiger partial charge is 0.168 e. The zero-order valence-electron chi connectivity index (χ0n) is 9.41. The molecule has 0 spiro atoms. The Labute approximate surface area is 101 Å². The van der Waals surface area contributed by atoms with Crippen molar-refractivity contribution >= 4 is 17.4 Å². The summed E-state index contributed by atoms with van der Waals surface area (Å²) in [5, 5.41) is 3.15. The minimum atomic E-state index is 0.522. The highest BCUT2D eigenvalue weighted by Crippen LogP contribution is 2.20. The Bertz CT molecular complexity index is 297. The molecular weight excluding hydrogens is 228 g/mol. The molecule has 0 amide bonds. The first-order valence-corrected chi connectivity index (χ1v) is 5.87. The fourth-order valence-corrected chi connectivity index (χ4v) is 1.30. The number of nitrogens with one attached hydrogen (secondary N) is 1. The highest BCUT2D eigenvalue weighted by molar-refractivity contribution is 6.17. The van der Waals surface area contributed by atoms with Crippen LogP contribution in [0.25, 0.3) is 0 Å². The molecule has 1 aromatic rings. The summed E-state index contributed by atoms with van der Waals surface area (Å²) in [5.41, 5.74) is 0. The summed E-state index contributed by atoms with van der Waals surface area (Å²) in [6.45, 7) is 4.44. The van der Waals surface area contributed by atoms with Crippen LogP contribution in [0.2, 0.25) is 0 Å². The number of pyridine rings is 1. The van der Waals surface area contributed by atoms with Crippen molar-refractivity contribution in [3.63, 3.8) is 0 Å². The lowest BCUT2D eigenvalue weighted by molar-refractivity contribution is 0.160. The number of anilines is 1. The Morgan fingerprint density at radius 2 is 2.31 bits per heavy atom. The van der Waals surface area contributed by atoms with Crippen LogP contribution in [0.1, 0.15) is 6.92 Å². The maximum absolute atomic E-state index is 5.49. The van der Waals surface area contributed by atoms with Gasteiger partial charge in [-0.3, -0.25) is 0 Å². The lowest BCUT2D eigenvalue weighted by Gasteiger charge is -2.10. The molecule has 90 valence electrons. The van der Waals surface area contributed by atoms with Gasteiger partial charge in [0.15, 0.2) is 11.6 Å². The predicted octanol–water partition coefficient (Wildman–Crippen LogP) is 2.15. The molecule has 0 aliphatic heterocycles. The Morgan fingerprint density at radius 3 is 3.06 bits per heavy atom. The lowest BCUT2D eigenvalue weighted by Crippen LogP contribution is -2.12. The molecule has 1 rings (SSSR count). The summed E-state index contributed by atoms with van der Waals surface area (Å²) in [6.07, 6.45) is 1.73. The van der Waals surface area contributed by atoms with Crippen LogP contribution in [0.5, 0.6) is 5.75 Å². The largest absolute Gasteiger partial charge is 0.490 e. The van der Waals surface area contributed by atoms with Gasteiger partial charge in [-0.1, -0.05) is 0 Å². The maximum Gasteiger partial charge on any atom is 0.168 e. The molecule has 0 unspecified atom stereocenters. The van der Waals surface area contributed by atoms with Gasteiger partial charge in [-0.05, 0) is 19.1 Å². The van der Waals surface area contributed by atoms with Gasteiger partial charge in [0, 0.05) is 18.6 Å². The number of hydrogen-bond donors (Lipinski definition) is 1. The quantitative estimate of drug-likeness (QED) is 0.562. The summed E-state index contributed by atoms with van der Waals surface area (Å²) < 4.78 is 10.7. The van der Waals surface area contributed by atoms with Crippen LogP contribution in [-0.4, -0.2) is 37.2 Å². The van der Waals surface area contributed by atoms with E-state index in [4.69, 9.17) is 21.1 Å². The van der Waals surface area contributed by atoms with Crippen molar-refractivity contribution in [2.24, 2.45) is 0 Å². The summed E-state index contributed by atoms with van der Waals surface area (Å²) >= 11 is 5.49. The molecule has 0 atom stereocenters. The first-order chi connectivity index (χ1) is 7.88. The van der Waals surface area contributed by atoms with Crippen molar-refractivity contribution in [3.8, 4) is 5.75 Å². The van der Waals surface area contributed by atoms with E-state index in [-0.39, 0.29) is 0 Å². The molecular formula is C11H17ClN2O2. The van der Waals surface area contributed by atoms with Gasteiger partial charge in [-0.15, -0.1) is 11.6 Å². The average Bonchev–Trinajstić information content (AvgIpc) is 2.31. The van der Waals surface area contributed by atoms with Gasteiger partial charge in [0.1, 0.15) is 0 Å². The van der Waals surface area contributed by atoms with Crippen LogP contribution < -0.4 is 10.1 Å². The molecule has 0 fully saturated rings. The van der Waals surface area contributed by atoms with Gasteiger partial charge >= 0.3 is 0 Å². The second-order valence-electron chi connectivity index (χ2n) is 3.01. The van der Waals surface area contributed by atoms with E-state index >= 15 is 0 Å². The van der Waals surface area contributed by atoms with E-state index in [0.717, 1.165) is 11.6 Å². The van der Waals surface area contributed by atoms with Gasteiger partial charge < -0.3 is 14.8 Å². The molecule has 0 aliphatic carbocycles. The van der Waals surface area contributed by atoms with Crippen molar-refractivity contribution in [1.82, 2.24) is 4.98 Å². The zero-order valence-corrected chi connectivity index (χ0v) is 10.2. The summed E-state index contributed by atoms with van der Waals surface area (Å²) in [7, 11) is 0. The monoisotopic (exact) mass is 244 g/mol. The van der Waals surface area contributed by atoms with Crippen LogP contribution in [0.4, 0.5) is 5.82 Å². The lowest BCUT2D eigenvalue weighted by atomic mass is 10.4. The van der Waals surface area contributed by atoms with E-state index in [2.05, 4.69) is 10.3 Å². The number of rotatable bonds is 8.